The maximum Gasteiger partial charge on any atom is 0.0985 e. The van der Waals surface area contributed by atoms with Crippen LogP contribution in [0, 0.1) is 5.41 Å². The van der Waals surface area contributed by atoms with Gasteiger partial charge in [0.1, 0.15) is 0 Å². The van der Waals surface area contributed by atoms with Gasteiger partial charge in [0.15, 0.2) is 0 Å². The molecule has 0 aromatic heterocycles. The van der Waals surface area contributed by atoms with E-state index in [0.717, 1.165) is 19.3 Å². The Morgan fingerprint density at radius 3 is 1.30 bits per heavy atom. The summed E-state index contributed by atoms with van der Waals surface area (Å²) in [5, 5.41) is 13.3. The number of rotatable bonds is 21. The molecule has 163 valence electrons. The van der Waals surface area contributed by atoms with E-state index in [2.05, 4.69) is 27.7 Å². The number of unbranched alkanes of at least 4 members (excludes halogenated alkanes) is 13. The van der Waals surface area contributed by atoms with E-state index in [-0.39, 0.29) is 11.5 Å². The monoisotopic (exact) mass is 381 g/mol. The predicted molar refractivity (Wildman–Crippen MR) is 122 cm³/mol. The molecule has 0 aliphatic heterocycles. The lowest BCUT2D eigenvalue weighted by Crippen LogP contribution is -2.34. The summed E-state index contributed by atoms with van der Waals surface area (Å²) in [5.74, 6) is 0. The minimum absolute atomic E-state index is 0.0850. The zero-order valence-electron chi connectivity index (χ0n) is 19.6. The van der Waals surface area contributed by atoms with Crippen molar-refractivity contribution in [3.63, 3.8) is 0 Å². The molecule has 1 radical (unpaired) electrons. The van der Waals surface area contributed by atoms with Gasteiger partial charge >= 0.3 is 0 Å². The summed E-state index contributed by atoms with van der Waals surface area (Å²) in [6, 6.07) is 0. The molecule has 0 rings (SSSR count). The Morgan fingerprint density at radius 1 is 0.519 bits per heavy atom. The van der Waals surface area contributed by atoms with Gasteiger partial charge in [-0.25, -0.2) is 5.11 Å². The van der Waals surface area contributed by atoms with Gasteiger partial charge in [-0.05, 0) is 31.1 Å². The van der Waals surface area contributed by atoms with E-state index in [0.29, 0.717) is 0 Å². The van der Waals surface area contributed by atoms with E-state index in [1.54, 1.807) is 0 Å². The topological polar surface area (TPSA) is 19.9 Å². The average molecular weight is 382 g/mol. The van der Waals surface area contributed by atoms with E-state index in [9.17, 15) is 5.11 Å². The Hall–Kier alpha value is -0.0400. The van der Waals surface area contributed by atoms with Crippen LogP contribution in [0.1, 0.15) is 156 Å². The lowest BCUT2D eigenvalue weighted by Gasteiger charge is -2.37. The first-order valence-corrected chi connectivity index (χ1v) is 12.8. The number of hydrogen-bond donors (Lipinski definition) is 0. The largest absolute Gasteiger partial charge is 0.233 e. The third kappa shape index (κ3) is 13.7. The van der Waals surface area contributed by atoms with Crippen LogP contribution in [0.3, 0.4) is 0 Å². The molecule has 0 spiro atoms. The van der Waals surface area contributed by atoms with E-state index in [1.165, 1.54) is 109 Å². The van der Waals surface area contributed by atoms with Crippen molar-refractivity contribution >= 4 is 0 Å². The molecule has 27 heavy (non-hydrogen) atoms. The summed E-state index contributed by atoms with van der Waals surface area (Å²) in [6.07, 6.45) is 25.1. The van der Waals surface area contributed by atoms with Gasteiger partial charge < -0.3 is 0 Å². The summed E-state index contributed by atoms with van der Waals surface area (Å²) < 4.78 is 0. The molecule has 1 atom stereocenters. The number of hydrogen-bond acceptors (Lipinski definition) is 0. The van der Waals surface area contributed by atoms with Crippen molar-refractivity contribution in [2.45, 2.75) is 162 Å². The molecule has 0 saturated heterocycles. The van der Waals surface area contributed by atoms with Crippen LogP contribution >= 0.6 is 0 Å². The second kappa shape index (κ2) is 19.3. The Bertz CT molecular complexity index is 270. The van der Waals surface area contributed by atoms with Crippen LogP contribution in [0.25, 0.3) is 0 Å². The summed E-state index contributed by atoms with van der Waals surface area (Å²) in [7, 11) is 0. The highest BCUT2D eigenvalue weighted by Gasteiger charge is 2.35. The Kier molecular flexibility index (Phi) is 19.3. The van der Waals surface area contributed by atoms with Crippen LogP contribution in [-0.4, -0.2) is 6.10 Å². The third-order valence-electron chi connectivity index (χ3n) is 6.76. The summed E-state index contributed by atoms with van der Waals surface area (Å²) >= 11 is 0. The maximum absolute atomic E-state index is 13.3. The minimum atomic E-state index is -0.328. The first-order valence-electron chi connectivity index (χ1n) is 12.8. The van der Waals surface area contributed by atoms with E-state index in [4.69, 9.17) is 0 Å². The van der Waals surface area contributed by atoms with E-state index in [1.807, 2.05) is 0 Å². The molecular formula is C26H53O. The fourth-order valence-electron chi connectivity index (χ4n) is 4.61. The molecule has 0 aliphatic rings. The fraction of sp³-hybridized carbons (Fsp3) is 1.00. The van der Waals surface area contributed by atoms with Crippen molar-refractivity contribution in [3.05, 3.63) is 0 Å². The molecule has 1 nitrogen and oxygen atoms in total. The molecular weight excluding hydrogens is 328 g/mol. The zero-order chi connectivity index (χ0) is 20.2. The van der Waals surface area contributed by atoms with Gasteiger partial charge in [-0.2, -0.15) is 0 Å². The van der Waals surface area contributed by atoms with Crippen molar-refractivity contribution in [1.82, 2.24) is 0 Å². The van der Waals surface area contributed by atoms with Crippen LogP contribution in [0.5, 0.6) is 0 Å². The smallest absolute Gasteiger partial charge is 0.0985 e. The van der Waals surface area contributed by atoms with E-state index < -0.39 is 0 Å². The molecule has 0 fully saturated rings. The Labute approximate surface area is 173 Å². The molecule has 0 amide bonds. The fourth-order valence-corrected chi connectivity index (χ4v) is 4.61. The van der Waals surface area contributed by atoms with Gasteiger partial charge in [0.2, 0.25) is 0 Å². The lowest BCUT2D eigenvalue weighted by molar-refractivity contribution is -0.0508. The highest BCUT2D eigenvalue weighted by molar-refractivity contribution is 4.85. The molecule has 0 aliphatic carbocycles. The first-order chi connectivity index (χ1) is 13.2. The zero-order valence-corrected chi connectivity index (χ0v) is 19.6. The third-order valence-corrected chi connectivity index (χ3v) is 6.76. The quantitative estimate of drug-likeness (QED) is 0.176. The maximum atomic E-state index is 13.3. The standard InChI is InChI=1S/C26H53O/c1-5-9-12-15-17-20-23-26(8-4,24-21-18-16-13-10-6-2)25(27)22-19-14-11-7-3/h25H,5-24H2,1-4H3. The predicted octanol–water partition coefficient (Wildman–Crippen LogP) is 9.65. The molecule has 0 bridgehead atoms. The Morgan fingerprint density at radius 2 is 0.889 bits per heavy atom. The average Bonchev–Trinajstić information content (AvgIpc) is 2.69. The summed E-state index contributed by atoms with van der Waals surface area (Å²) in [6.45, 7) is 9.11. The van der Waals surface area contributed by atoms with Crippen LogP contribution in [-0.2, 0) is 5.11 Å². The van der Waals surface area contributed by atoms with Gasteiger partial charge in [0.05, 0.1) is 6.10 Å². The van der Waals surface area contributed by atoms with Gasteiger partial charge in [0, 0.05) is 0 Å². The molecule has 0 aromatic rings. The summed E-state index contributed by atoms with van der Waals surface area (Å²) in [5.41, 5.74) is 0.0850. The molecule has 0 saturated carbocycles. The molecule has 0 heterocycles. The second-order valence-corrected chi connectivity index (χ2v) is 9.09. The molecule has 1 unspecified atom stereocenters. The molecule has 1 heteroatoms. The lowest BCUT2D eigenvalue weighted by atomic mass is 9.70. The highest BCUT2D eigenvalue weighted by Crippen LogP contribution is 2.41. The second-order valence-electron chi connectivity index (χ2n) is 9.09. The van der Waals surface area contributed by atoms with Crippen LogP contribution < -0.4 is 0 Å². The van der Waals surface area contributed by atoms with Gasteiger partial charge in [0.25, 0.3) is 0 Å². The van der Waals surface area contributed by atoms with Crippen LogP contribution in [0.2, 0.25) is 0 Å². The summed E-state index contributed by atoms with van der Waals surface area (Å²) in [4.78, 5) is 0. The van der Waals surface area contributed by atoms with Gasteiger partial charge in [-0.15, -0.1) is 0 Å². The van der Waals surface area contributed by atoms with Crippen molar-refractivity contribution < 1.29 is 5.11 Å². The Balaban J connectivity index is 4.47. The minimum Gasteiger partial charge on any atom is -0.233 e. The highest BCUT2D eigenvalue weighted by atomic mass is 16.3. The van der Waals surface area contributed by atoms with Gasteiger partial charge in [-0.1, -0.05) is 130 Å². The van der Waals surface area contributed by atoms with Crippen LogP contribution in [0.4, 0.5) is 0 Å². The molecule has 0 aromatic carbocycles. The normalized spacial score (nSPS) is 13.2. The van der Waals surface area contributed by atoms with Crippen molar-refractivity contribution in [2.75, 3.05) is 0 Å². The van der Waals surface area contributed by atoms with Crippen molar-refractivity contribution in [3.8, 4) is 0 Å². The van der Waals surface area contributed by atoms with Crippen molar-refractivity contribution in [2.24, 2.45) is 5.41 Å². The molecule has 0 N–H and O–H groups in total. The van der Waals surface area contributed by atoms with Gasteiger partial charge in [-0.3, -0.25) is 0 Å². The van der Waals surface area contributed by atoms with Crippen LogP contribution in [0.15, 0.2) is 0 Å². The first kappa shape index (κ1) is 27.0. The van der Waals surface area contributed by atoms with E-state index >= 15 is 0 Å². The van der Waals surface area contributed by atoms with Crippen molar-refractivity contribution in [1.29, 1.82) is 0 Å². The SMILES string of the molecule is CCCCCCCCC(CC)(CCCCCCCC)C([O])CCCCCC.